The van der Waals surface area contributed by atoms with Crippen LogP contribution in [0.1, 0.15) is 6.92 Å². The fourth-order valence-corrected chi connectivity index (χ4v) is 1.44. The topological polar surface area (TPSA) is 91.3 Å². The Bertz CT molecular complexity index is 553. The predicted molar refractivity (Wildman–Crippen MR) is 58.2 cm³/mol. The number of para-hydroxylation sites is 2. The summed E-state index contributed by atoms with van der Waals surface area (Å²) < 4.78 is 11.6. The molecular weight excluding hydrogens is 238 g/mol. The summed E-state index contributed by atoms with van der Waals surface area (Å²) in [7, 11) is 0. The van der Waals surface area contributed by atoms with Crippen LogP contribution in [-0.4, -0.2) is 18.0 Å². The van der Waals surface area contributed by atoms with Gasteiger partial charge in [-0.15, -0.1) is 0 Å². The van der Waals surface area contributed by atoms with Crippen molar-refractivity contribution in [3.63, 3.8) is 0 Å². The molecule has 1 aromatic heterocycles. The van der Waals surface area contributed by atoms with Gasteiger partial charge in [-0.05, 0) is 17.7 Å². The lowest BCUT2D eigenvalue weighted by Gasteiger charge is -2.01. The maximum absolute atomic E-state index is 10.3. The van der Waals surface area contributed by atoms with E-state index in [2.05, 4.69) is 5.27 Å². The second kappa shape index (κ2) is 5.17. The zero-order valence-corrected chi connectivity index (χ0v) is 9.62. The quantitative estimate of drug-likeness (QED) is 0.776. The molecule has 0 aliphatic heterocycles. The smallest absolute Gasteiger partial charge is 0.301 e. The van der Waals surface area contributed by atoms with Gasteiger partial charge in [-0.3, -0.25) is 4.52 Å². The zero-order chi connectivity index (χ0) is 13.0. The summed E-state index contributed by atoms with van der Waals surface area (Å²) in [6.45, 7) is 2.38. The number of rotatable bonds is 4. The fraction of sp³-hybridized carbons (Fsp3) is 0.182. The first-order chi connectivity index (χ1) is 8.70. The van der Waals surface area contributed by atoms with Gasteiger partial charge in [0, 0.05) is 6.07 Å². The molecule has 1 amide bonds. The molecule has 0 saturated carbocycles. The van der Waals surface area contributed by atoms with Crippen molar-refractivity contribution in [3.8, 4) is 11.4 Å². The summed E-state index contributed by atoms with van der Waals surface area (Å²) >= 11 is 0. The van der Waals surface area contributed by atoms with E-state index < -0.39 is 6.09 Å². The lowest BCUT2D eigenvalue weighted by atomic mass is 10.3. The molecule has 0 bridgehead atoms. The number of amides is 1. The molecule has 1 heterocycles. The largest absolute Gasteiger partial charge is 0.530 e. The minimum Gasteiger partial charge on any atom is -0.530 e. The highest BCUT2D eigenvalue weighted by Crippen LogP contribution is 2.17. The molecule has 7 heteroatoms. The van der Waals surface area contributed by atoms with Gasteiger partial charge in [0.15, 0.2) is 5.75 Å². The summed E-state index contributed by atoms with van der Waals surface area (Å²) in [5.41, 5.74) is 0.648. The minimum atomic E-state index is -1.46. The lowest BCUT2D eigenvalue weighted by molar-refractivity contribution is -0.670. The van der Waals surface area contributed by atoms with Crippen molar-refractivity contribution in [2.75, 3.05) is 11.9 Å². The van der Waals surface area contributed by atoms with Crippen molar-refractivity contribution >= 4 is 12.0 Å². The third-order valence-electron chi connectivity index (χ3n) is 2.10. The van der Waals surface area contributed by atoms with Crippen LogP contribution in [-0.2, 0) is 0 Å². The number of carbonyl (C=O) groups excluding carboxylic acids is 1. The van der Waals surface area contributed by atoms with Crippen molar-refractivity contribution in [1.29, 1.82) is 0 Å². The van der Waals surface area contributed by atoms with E-state index in [1.165, 1.54) is 10.9 Å². The molecule has 0 fully saturated rings. The van der Waals surface area contributed by atoms with Crippen LogP contribution in [0.15, 0.2) is 35.0 Å². The van der Waals surface area contributed by atoms with Crippen molar-refractivity contribution in [3.05, 3.63) is 30.5 Å². The molecule has 0 spiro atoms. The number of hydrogen-bond acceptors (Lipinski definition) is 5. The lowest BCUT2D eigenvalue weighted by Crippen LogP contribution is -2.32. The Hall–Kier alpha value is -2.57. The van der Waals surface area contributed by atoms with Gasteiger partial charge in [0.1, 0.15) is 6.09 Å². The van der Waals surface area contributed by atoms with Gasteiger partial charge in [0.05, 0.1) is 6.61 Å². The summed E-state index contributed by atoms with van der Waals surface area (Å²) in [4.78, 5) is 10.3. The Morgan fingerprint density at radius 3 is 3.06 bits per heavy atom. The molecule has 0 saturated heterocycles. The van der Waals surface area contributed by atoms with Gasteiger partial charge in [0.2, 0.25) is 5.27 Å². The van der Waals surface area contributed by atoms with Crippen LogP contribution in [0.3, 0.4) is 0 Å². The van der Waals surface area contributed by atoms with Crippen LogP contribution < -0.4 is 19.8 Å². The van der Waals surface area contributed by atoms with E-state index in [-0.39, 0.29) is 5.88 Å². The molecule has 0 unspecified atom stereocenters. The van der Waals surface area contributed by atoms with Crippen molar-refractivity contribution in [2.45, 2.75) is 6.92 Å². The predicted octanol–water partition coefficient (Wildman–Crippen LogP) is 0.105. The third-order valence-corrected chi connectivity index (χ3v) is 2.10. The monoisotopic (exact) mass is 249 g/mol. The Labute approximate surface area is 103 Å². The third kappa shape index (κ3) is 2.57. The van der Waals surface area contributed by atoms with Gasteiger partial charge >= 0.3 is 5.88 Å². The molecule has 0 aliphatic rings. The molecule has 2 rings (SSSR count). The maximum Gasteiger partial charge on any atom is 0.301 e. The average Bonchev–Trinajstić information content (AvgIpc) is 2.77. The fourth-order valence-electron chi connectivity index (χ4n) is 1.44. The van der Waals surface area contributed by atoms with Gasteiger partial charge in [-0.25, -0.2) is 0 Å². The highest BCUT2D eigenvalue weighted by atomic mass is 16.5. The van der Waals surface area contributed by atoms with Crippen molar-refractivity contribution in [2.24, 2.45) is 0 Å². The number of hydrogen-bond donors (Lipinski definition) is 1. The van der Waals surface area contributed by atoms with E-state index in [0.717, 1.165) is 0 Å². The molecule has 1 N–H and O–H groups in total. The number of anilines is 1. The van der Waals surface area contributed by atoms with E-state index in [4.69, 9.17) is 9.26 Å². The summed E-state index contributed by atoms with van der Waals surface area (Å²) in [5.74, 6) is 0.597. The van der Waals surface area contributed by atoms with Crippen LogP contribution in [0.25, 0.3) is 5.69 Å². The minimum absolute atomic E-state index is 0.0266. The van der Waals surface area contributed by atoms with Gasteiger partial charge in [-0.1, -0.05) is 12.1 Å². The first-order valence-corrected chi connectivity index (χ1v) is 5.29. The van der Waals surface area contributed by atoms with Gasteiger partial charge < -0.3 is 20.0 Å². The second-order valence-corrected chi connectivity index (χ2v) is 3.32. The van der Waals surface area contributed by atoms with E-state index in [0.29, 0.717) is 18.0 Å². The number of ether oxygens (including phenoxy) is 1. The normalized spacial score (nSPS) is 10.1. The van der Waals surface area contributed by atoms with Crippen LogP contribution in [0, 0.1) is 0 Å². The standard InChI is InChI=1S/C11H11N3O4/c1-2-17-9-6-4-3-5-8(9)14-7-10(18-13-14)12-11(15)16/h3-7H,2H2,1H3,(H-,12,13,15,16). The van der Waals surface area contributed by atoms with E-state index >= 15 is 0 Å². The van der Waals surface area contributed by atoms with E-state index in [1.807, 2.05) is 24.4 Å². The molecule has 94 valence electrons. The van der Waals surface area contributed by atoms with Crippen molar-refractivity contribution in [1.82, 2.24) is 5.27 Å². The number of carbonyl (C=O) groups is 1. The van der Waals surface area contributed by atoms with E-state index in [9.17, 15) is 9.90 Å². The van der Waals surface area contributed by atoms with E-state index in [1.54, 1.807) is 12.1 Å². The summed E-state index contributed by atoms with van der Waals surface area (Å²) in [6.07, 6.45) is -0.0791. The zero-order valence-electron chi connectivity index (χ0n) is 9.62. The van der Waals surface area contributed by atoms with Crippen LogP contribution >= 0.6 is 0 Å². The SMILES string of the molecule is CCOc1ccccc1-[n+]1cc(NC(=O)[O-])on1. The first kappa shape index (κ1) is 11.9. The number of nitrogens with one attached hydrogen (secondary N) is 1. The number of aromatic nitrogens is 2. The molecule has 1 aromatic carbocycles. The van der Waals surface area contributed by atoms with Crippen LogP contribution in [0.2, 0.25) is 0 Å². The Balaban J connectivity index is 2.30. The molecule has 0 aliphatic carbocycles. The van der Waals surface area contributed by atoms with Gasteiger partial charge in [0.25, 0.3) is 11.9 Å². The maximum atomic E-state index is 10.3. The Morgan fingerprint density at radius 1 is 1.56 bits per heavy atom. The number of benzene rings is 1. The highest BCUT2D eigenvalue weighted by molar-refractivity contribution is 5.78. The number of carboxylic acid groups (broad SMARTS) is 1. The average molecular weight is 249 g/mol. The highest BCUT2D eigenvalue weighted by Gasteiger charge is 2.19. The molecule has 2 aromatic rings. The molecular formula is C11H11N3O4. The first-order valence-electron chi connectivity index (χ1n) is 5.29. The summed E-state index contributed by atoms with van der Waals surface area (Å²) in [6, 6.07) is 7.20. The number of nitrogens with zero attached hydrogens (tertiary/aromatic N) is 2. The second-order valence-electron chi connectivity index (χ2n) is 3.32. The van der Waals surface area contributed by atoms with Crippen LogP contribution in [0.4, 0.5) is 10.7 Å². The Morgan fingerprint density at radius 2 is 2.33 bits per heavy atom. The van der Waals surface area contributed by atoms with Gasteiger partial charge in [-0.2, -0.15) is 0 Å². The molecule has 7 nitrogen and oxygen atoms in total. The molecule has 18 heavy (non-hydrogen) atoms. The van der Waals surface area contributed by atoms with Crippen molar-refractivity contribution < 1.29 is 23.8 Å². The summed E-state index contributed by atoms with van der Waals surface area (Å²) in [5, 5.41) is 16.0. The van der Waals surface area contributed by atoms with Crippen LogP contribution in [0.5, 0.6) is 5.75 Å². The molecule has 0 radical (unpaired) electrons. The molecule has 0 atom stereocenters. The Kier molecular flexibility index (Phi) is 3.42.